The Kier molecular flexibility index (Phi) is 2.29. The Balaban J connectivity index is 2.14. The summed E-state index contributed by atoms with van der Waals surface area (Å²) in [6.45, 7) is 3.25. The van der Waals surface area contributed by atoms with Crippen LogP contribution in [0.5, 0.6) is 0 Å². The van der Waals surface area contributed by atoms with Crippen molar-refractivity contribution in [3.63, 3.8) is 0 Å². The third kappa shape index (κ3) is 1.40. The number of benzene rings is 2. The summed E-state index contributed by atoms with van der Waals surface area (Å²) in [6.07, 6.45) is 0. The average molecular weight is 307 g/mol. The van der Waals surface area contributed by atoms with Crippen LogP contribution in [0.1, 0.15) is 6.92 Å². The van der Waals surface area contributed by atoms with Crippen molar-refractivity contribution in [1.82, 2.24) is 4.57 Å². The van der Waals surface area contributed by atoms with E-state index >= 15 is 0 Å². The van der Waals surface area contributed by atoms with Crippen molar-refractivity contribution in [2.24, 2.45) is 0 Å². The van der Waals surface area contributed by atoms with Gasteiger partial charge in [0.05, 0.1) is 14.2 Å². The van der Waals surface area contributed by atoms with Crippen LogP contribution in [0.4, 0.5) is 0 Å². The molecule has 0 bridgehead atoms. The number of hydrogen-bond donors (Lipinski definition) is 0. The molecule has 0 saturated heterocycles. The van der Waals surface area contributed by atoms with E-state index in [-0.39, 0.29) is 0 Å². The van der Waals surface area contributed by atoms with Gasteiger partial charge >= 0.3 is 0 Å². The minimum atomic E-state index is 1.01. The van der Waals surface area contributed by atoms with Gasteiger partial charge in [-0.1, -0.05) is 36.4 Å². The molecular formula is C18H13NS2. The summed E-state index contributed by atoms with van der Waals surface area (Å²) in [4.78, 5) is 0. The Morgan fingerprint density at radius 2 is 1.67 bits per heavy atom. The lowest BCUT2D eigenvalue weighted by molar-refractivity contribution is 0.830. The van der Waals surface area contributed by atoms with Crippen LogP contribution in [0.3, 0.4) is 0 Å². The smallest absolute Gasteiger partial charge is 0.0905 e. The third-order valence-corrected chi connectivity index (χ3v) is 6.71. The van der Waals surface area contributed by atoms with E-state index in [2.05, 4.69) is 60.0 Å². The molecule has 0 unspecified atom stereocenters. The van der Waals surface area contributed by atoms with Crippen LogP contribution in [-0.4, -0.2) is 4.57 Å². The number of fused-ring (bicyclic) bond motifs is 7. The highest BCUT2D eigenvalue weighted by molar-refractivity contribution is 7.45. The Hall–Kier alpha value is -1.84. The van der Waals surface area contributed by atoms with Crippen LogP contribution in [0.15, 0.2) is 48.5 Å². The molecule has 1 nitrogen and oxygen atoms in total. The molecule has 0 N–H and O–H groups in total. The molecule has 3 heterocycles. The maximum atomic E-state index is 2.47. The molecule has 0 amide bonds. The molecule has 5 rings (SSSR count). The fraction of sp³-hybridized carbons (Fsp3) is 0.111. The molecule has 0 atom stereocenters. The summed E-state index contributed by atoms with van der Waals surface area (Å²) in [7, 11) is 0. The van der Waals surface area contributed by atoms with Crippen LogP contribution in [-0.2, 0) is 6.54 Å². The summed E-state index contributed by atoms with van der Waals surface area (Å²) in [5.41, 5.74) is 2.79. The largest absolute Gasteiger partial charge is 0.339 e. The van der Waals surface area contributed by atoms with Crippen molar-refractivity contribution in [3.8, 4) is 0 Å². The number of aryl methyl sites for hydroxylation is 1. The highest BCUT2D eigenvalue weighted by atomic mass is 32.2. The maximum Gasteiger partial charge on any atom is 0.0905 e. The second kappa shape index (κ2) is 4.09. The number of aromatic nitrogens is 1. The molecule has 3 heteroatoms. The SMILES string of the molecule is CCn1c2ccccc2c2sc3sc4ccccc4c3c21. The van der Waals surface area contributed by atoms with Gasteiger partial charge in [0, 0.05) is 32.9 Å². The van der Waals surface area contributed by atoms with E-state index in [4.69, 9.17) is 0 Å². The monoisotopic (exact) mass is 307 g/mol. The van der Waals surface area contributed by atoms with E-state index in [0.29, 0.717) is 0 Å². The topological polar surface area (TPSA) is 4.93 Å². The van der Waals surface area contributed by atoms with Gasteiger partial charge < -0.3 is 4.57 Å². The van der Waals surface area contributed by atoms with E-state index < -0.39 is 0 Å². The van der Waals surface area contributed by atoms with Crippen molar-refractivity contribution < 1.29 is 0 Å². The van der Waals surface area contributed by atoms with Gasteiger partial charge in [0.25, 0.3) is 0 Å². The number of nitrogens with zero attached hydrogens (tertiary/aromatic N) is 1. The quantitative estimate of drug-likeness (QED) is 0.345. The molecule has 21 heavy (non-hydrogen) atoms. The predicted octanol–water partition coefficient (Wildman–Crippen LogP) is 6.24. The summed E-state index contributed by atoms with van der Waals surface area (Å²) in [6, 6.07) is 17.6. The van der Waals surface area contributed by atoms with E-state index in [0.717, 1.165) is 6.54 Å². The van der Waals surface area contributed by atoms with E-state index in [1.807, 2.05) is 22.7 Å². The number of thiophene rings is 2. The Bertz CT molecular complexity index is 1120. The van der Waals surface area contributed by atoms with Crippen LogP contribution >= 0.6 is 22.7 Å². The van der Waals surface area contributed by atoms with Gasteiger partial charge in [0.1, 0.15) is 0 Å². The molecule has 5 aromatic rings. The van der Waals surface area contributed by atoms with Crippen LogP contribution in [0, 0.1) is 0 Å². The van der Waals surface area contributed by atoms with Gasteiger partial charge in [-0.3, -0.25) is 0 Å². The molecule has 0 aliphatic heterocycles. The molecule has 0 saturated carbocycles. The predicted molar refractivity (Wildman–Crippen MR) is 95.9 cm³/mol. The normalized spacial score (nSPS) is 12.2. The molecular weight excluding hydrogens is 294 g/mol. The van der Waals surface area contributed by atoms with E-state index in [1.165, 1.54) is 40.6 Å². The van der Waals surface area contributed by atoms with Gasteiger partial charge in [-0.25, -0.2) is 0 Å². The maximum absolute atomic E-state index is 2.47. The number of hydrogen-bond acceptors (Lipinski definition) is 2. The van der Waals surface area contributed by atoms with Crippen LogP contribution < -0.4 is 0 Å². The Morgan fingerprint density at radius 1 is 0.905 bits per heavy atom. The average Bonchev–Trinajstić information content (AvgIpc) is 3.13. The zero-order chi connectivity index (χ0) is 14.0. The molecule has 0 aliphatic rings. The first-order chi connectivity index (χ1) is 10.4. The lowest BCUT2D eigenvalue weighted by Gasteiger charge is -2.02. The van der Waals surface area contributed by atoms with Crippen molar-refractivity contribution in [3.05, 3.63) is 48.5 Å². The lowest BCUT2D eigenvalue weighted by Crippen LogP contribution is -1.92. The first kappa shape index (κ1) is 11.8. The van der Waals surface area contributed by atoms with Crippen LogP contribution in [0.25, 0.3) is 40.6 Å². The van der Waals surface area contributed by atoms with Crippen molar-refractivity contribution in [1.29, 1.82) is 0 Å². The first-order valence-electron chi connectivity index (χ1n) is 7.19. The van der Waals surface area contributed by atoms with E-state index in [1.54, 1.807) is 0 Å². The Morgan fingerprint density at radius 3 is 2.52 bits per heavy atom. The van der Waals surface area contributed by atoms with Gasteiger partial charge in [0.2, 0.25) is 0 Å². The standard InChI is InChI=1S/C18H13NS2/c1-2-19-13-9-5-3-7-11(13)17-16(19)15-12-8-4-6-10-14(12)20-18(15)21-17/h3-10H,2H2,1H3. The third-order valence-electron chi connectivity index (χ3n) is 4.24. The minimum Gasteiger partial charge on any atom is -0.339 e. The fourth-order valence-corrected chi connectivity index (χ4v) is 6.07. The summed E-state index contributed by atoms with van der Waals surface area (Å²) >= 11 is 3.88. The zero-order valence-corrected chi connectivity index (χ0v) is 13.2. The van der Waals surface area contributed by atoms with Gasteiger partial charge in [0.15, 0.2) is 0 Å². The lowest BCUT2D eigenvalue weighted by atomic mass is 10.2. The number of para-hydroxylation sites is 1. The van der Waals surface area contributed by atoms with Crippen molar-refractivity contribution >= 4 is 63.3 Å². The molecule has 0 radical (unpaired) electrons. The summed E-state index contributed by atoms with van der Waals surface area (Å²) < 4.78 is 6.77. The minimum absolute atomic E-state index is 1.01. The molecule has 3 aromatic heterocycles. The second-order valence-electron chi connectivity index (χ2n) is 5.30. The fourth-order valence-electron chi connectivity index (χ4n) is 3.36. The van der Waals surface area contributed by atoms with Gasteiger partial charge in [-0.15, -0.1) is 22.7 Å². The highest BCUT2D eigenvalue weighted by Crippen LogP contribution is 2.47. The van der Waals surface area contributed by atoms with Crippen LogP contribution in [0.2, 0.25) is 0 Å². The summed E-state index contributed by atoms with van der Waals surface area (Å²) in [5, 5.41) is 4.25. The zero-order valence-electron chi connectivity index (χ0n) is 11.6. The molecule has 0 aliphatic carbocycles. The van der Waals surface area contributed by atoms with Crippen molar-refractivity contribution in [2.45, 2.75) is 13.5 Å². The van der Waals surface area contributed by atoms with Gasteiger partial charge in [-0.2, -0.15) is 0 Å². The molecule has 2 aromatic carbocycles. The van der Waals surface area contributed by atoms with Crippen molar-refractivity contribution in [2.75, 3.05) is 0 Å². The Labute approximate surface area is 130 Å². The van der Waals surface area contributed by atoms with Gasteiger partial charge in [-0.05, 0) is 19.1 Å². The van der Waals surface area contributed by atoms with E-state index in [9.17, 15) is 0 Å². The summed E-state index contributed by atoms with van der Waals surface area (Å²) in [5.74, 6) is 0. The molecule has 0 spiro atoms. The highest BCUT2D eigenvalue weighted by Gasteiger charge is 2.18. The first-order valence-corrected chi connectivity index (χ1v) is 8.82. The molecule has 102 valence electrons. The second-order valence-corrected chi connectivity index (χ2v) is 7.63. The number of rotatable bonds is 1. The molecule has 0 fully saturated rings.